The standard InChI is InChI=1S/C21H10F6O13/c22-20(15(32)33,21(23,24)25)19(17(35)39-26,18(36)40-27)16(34)38-9-3-1-8(2-4-9)37-10-5-6-11(13(28)29)12(7-10)14(30)31/h1-7H,(H,28,29)(H,30,31)(H,32,33). The van der Waals surface area contributed by atoms with Gasteiger partial charge in [-0.25, -0.2) is 33.2 Å². The number of alkyl halides is 4. The van der Waals surface area contributed by atoms with E-state index in [4.69, 9.17) is 20.1 Å². The zero-order valence-electron chi connectivity index (χ0n) is 18.7. The molecule has 2 aromatic rings. The Kier molecular flexibility index (Phi) is 8.62. The molecule has 2 rings (SSSR count). The zero-order chi connectivity index (χ0) is 30.6. The number of esters is 1. The maximum Gasteiger partial charge on any atom is 0.435 e. The summed E-state index contributed by atoms with van der Waals surface area (Å²) < 4.78 is 90.1. The van der Waals surface area contributed by atoms with E-state index >= 15 is 0 Å². The normalized spacial score (nSPS) is 12.8. The first-order valence-corrected chi connectivity index (χ1v) is 9.74. The molecule has 3 N–H and O–H groups in total. The van der Waals surface area contributed by atoms with Crippen molar-refractivity contribution >= 4 is 35.8 Å². The Bertz CT molecular complexity index is 1360. The predicted octanol–water partition coefficient (Wildman–Crippen LogP) is 2.98. The molecule has 214 valence electrons. The van der Waals surface area contributed by atoms with Crippen LogP contribution in [0.2, 0.25) is 0 Å². The number of hydrogen-bond acceptors (Lipinski definition) is 10. The zero-order valence-corrected chi connectivity index (χ0v) is 18.7. The van der Waals surface area contributed by atoms with Crippen LogP contribution in [0.3, 0.4) is 0 Å². The Balaban J connectivity index is 2.50. The molecular formula is C21H10F6O13. The van der Waals surface area contributed by atoms with E-state index in [2.05, 4.69) is 14.6 Å². The third-order valence-corrected chi connectivity index (χ3v) is 4.98. The second kappa shape index (κ2) is 11.2. The van der Waals surface area contributed by atoms with Crippen LogP contribution in [0.1, 0.15) is 20.7 Å². The van der Waals surface area contributed by atoms with Crippen LogP contribution in [0, 0.1) is 5.41 Å². The second-order valence-electron chi connectivity index (χ2n) is 7.22. The highest BCUT2D eigenvalue weighted by atomic mass is 19.4. The summed E-state index contributed by atoms with van der Waals surface area (Å²) in [4.78, 5) is 74.3. The Morgan fingerprint density at radius 2 is 1.07 bits per heavy atom. The first-order chi connectivity index (χ1) is 18.5. The minimum Gasteiger partial charge on any atom is -0.479 e. The van der Waals surface area contributed by atoms with Crippen molar-refractivity contribution in [1.82, 2.24) is 0 Å². The molecule has 0 amide bonds. The van der Waals surface area contributed by atoms with Crippen LogP contribution in [-0.4, -0.2) is 63.0 Å². The summed E-state index contributed by atoms with van der Waals surface area (Å²) in [6.07, 6.45) is -6.89. The van der Waals surface area contributed by atoms with E-state index in [1.165, 1.54) is 0 Å². The van der Waals surface area contributed by atoms with Gasteiger partial charge in [0.25, 0.3) is 0 Å². The van der Waals surface area contributed by atoms with E-state index in [0.717, 1.165) is 30.3 Å². The number of carbonyl (C=O) groups excluding carboxylic acids is 3. The molecule has 0 aromatic heterocycles. The highest BCUT2D eigenvalue weighted by molar-refractivity contribution is 6.23. The van der Waals surface area contributed by atoms with Crippen molar-refractivity contribution in [2.45, 2.75) is 11.8 Å². The molecule has 1 atom stereocenters. The number of hydrogen-bond donors (Lipinski definition) is 3. The monoisotopic (exact) mass is 584 g/mol. The Hall–Kier alpha value is -5.36. The van der Waals surface area contributed by atoms with Crippen molar-refractivity contribution in [1.29, 1.82) is 0 Å². The SMILES string of the molecule is O=C(O)c1ccc(Oc2ccc(OC(=O)C(C(=O)OF)(C(=O)OF)C(F)(C(=O)O)C(F)(F)F)cc2)cc1C(=O)O. The molecule has 40 heavy (non-hydrogen) atoms. The molecule has 0 aliphatic rings. The van der Waals surface area contributed by atoms with E-state index in [-0.39, 0.29) is 11.5 Å². The maximum atomic E-state index is 15.0. The number of carboxylic acids is 3. The van der Waals surface area contributed by atoms with Crippen molar-refractivity contribution in [3.8, 4) is 17.2 Å². The van der Waals surface area contributed by atoms with Crippen LogP contribution < -0.4 is 9.47 Å². The minimum atomic E-state index is -6.89. The highest BCUT2D eigenvalue weighted by Crippen LogP contribution is 2.50. The van der Waals surface area contributed by atoms with Gasteiger partial charge in [0.2, 0.25) is 0 Å². The Labute approximate surface area is 214 Å². The molecule has 2 aromatic carbocycles. The van der Waals surface area contributed by atoms with Gasteiger partial charge in [-0.1, -0.05) is 0 Å². The lowest BCUT2D eigenvalue weighted by Crippen LogP contribution is -2.71. The quantitative estimate of drug-likeness (QED) is 0.159. The highest BCUT2D eigenvalue weighted by Gasteiger charge is 2.86. The summed E-state index contributed by atoms with van der Waals surface area (Å²) in [5.41, 5.74) is -13.3. The van der Waals surface area contributed by atoms with Gasteiger partial charge in [0.1, 0.15) is 17.2 Å². The summed E-state index contributed by atoms with van der Waals surface area (Å²) in [6, 6.07) is 5.54. The lowest BCUT2D eigenvalue weighted by molar-refractivity contribution is -0.282. The number of rotatable bonds is 10. The molecule has 0 fully saturated rings. The van der Waals surface area contributed by atoms with Gasteiger partial charge in [-0.15, -0.1) is 0 Å². The molecule has 0 saturated carbocycles. The number of ether oxygens (including phenoxy) is 2. The lowest BCUT2D eigenvalue weighted by Gasteiger charge is -2.34. The minimum absolute atomic E-state index is 0.266. The molecule has 1 unspecified atom stereocenters. The van der Waals surface area contributed by atoms with Crippen LogP contribution in [0.25, 0.3) is 0 Å². The van der Waals surface area contributed by atoms with Crippen LogP contribution in [0.4, 0.5) is 26.6 Å². The van der Waals surface area contributed by atoms with Gasteiger partial charge in [0, 0.05) is 9.05 Å². The molecule has 19 heteroatoms. The van der Waals surface area contributed by atoms with Crippen molar-refractivity contribution < 1.29 is 90.1 Å². The largest absolute Gasteiger partial charge is 0.479 e. The Morgan fingerprint density at radius 1 is 0.625 bits per heavy atom. The number of benzene rings is 2. The summed E-state index contributed by atoms with van der Waals surface area (Å²) in [6.45, 7) is 0. The van der Waals surface area contributed by atoms with Gasteiger partial charge in [-0.3, -0.25) is 9.88 Å². The number of carboxylic acid groups (broad SMARTS) is 3. The molecule has 0 bridgehead atoms. The van der Waals surface area contributed by atoms with Gasteiger partial charge in [0.15, 0.2) is 0 Å². The molecule has 0 spiro atoms. The van der Waals surface area contributed by atoms with Crippen LogP contribution >= 0.6 is 0 Å². The predicted molar refractivity (Wildman–Crippen MR) is 107 cm³/mol. The lowest BCUT2D eigenvalue weighted by atomic mass is 9.71. The molecule has 13 nitrogen and oxygen atoms in total. The van der Waals surface area contributed by atoms with Gasteiger partial charge < -0.3 is 24.8 Å². The van der Waals surface area contributed by atoms with Crippen molar-refractivity contribution in [2.75, 3.05) is 0 Å². The van der Waals surface area contributed by atoms with Gasteiger partial charge in [-0.05, 0) is 42.5 Å². The van der Waals surface area contributed by atoms with E-state index in [1.807, 2.05) is 0 Å². The summed E-state index contributed by atoms with van der Waals surface area (Å²) in [5.74, 6) is -18.7. The van der Waals surface area contributed by atoms with Crippen LogP contribution in [-0.2, 0) is 29.1 Å². The third kappa shape index (κ3) is 5.15. The van der Waals surface area contributed by atoms with E-state index in [1.54, 1.807) is 0 Å². The average molecular weight is 584 g/mol. The van der Waals surface area contributed by atoms with Crippen molar-refractivity contribution in [3.63, 3.8) is 0 Å². The van der Waals surface area contributed by atoms with E-state index in [9.17, 15) is 55.4 Å². The smallest absolute Gasteiger partial charge is 0.435 e. The van der Waals surface area contributed by atoms with Crippen molar-refractivity contribution in [3.05, 3.63) is 53.6 Å². The molecule has 0 aliphatic heterocycles. The van der Waals surface area contributed by atoms with Crippen molar-refractivity contribution in [2.24, 2.45) is 5.41 Å². The molecular weight excluding hydrogens is 574 g/mol. The first kappa shape index (κ1) is 30.9. The molecule has 0 saturated heterocycles. The first-order valence-electron chi connectivity index (χ1n) is 9.74. The van der Waals surface area contributed by atoms with Crippen LogP contribution in [0.15, 0.2) is 42.5 Å². The molecule has 0 aliphatic carbocycles. The van der Waals surface area contributed by atoms with Gasteiger partial charge in [0.05, 0.1) is 11.1 Å². The fourth-order valence-electron chi connectivity index (χ4n) is 3.13. The summed E-state index contributed by atoms with van der Waals surface area (Å²) >= 11 is 0. The fourth-order valence-corrected chi connectivity index (χ4v) is 3.13. The summed E-state index contributed by atoms with van der Waals surface area (Å²) in [5, 5.41) is 27.0. The topological polar surface area (TPSA) is 200 Å². The van der Waals surface area contributed by atoms with E-state index in [0.29, 0.717) is 12.1 Å². The summed E-state index contributed by atoms with van der Waals surface area (Å²) in [7, 11) is 0. The maximum absolute atomic E-state index is 15.0. The Morgan fingerprint density at radius 3 is 1.48 bits per heavy atom. The number of aliphatic carboxylic acids is 1. The number of aromatic carboxylic acids is 2. The van der Waals surface area contributed by atoms with E-state index < -0.39 is 70.0 Å². The molecule has 0 heterocycles. The van der Waals surface area contributed by atoms with Crippen LogP contribution in [0.5, 0.6) is 17.2 Å². The number of carbonyl (C=O) groups is 6. The molecule has 0 radical (unpaired) electrons. The second-order valence-corrected chi connectivity index (χ2v) is 7.22. The number of halogens is 6. The fraction of sp³-hybridized carbons (Fsp3) is 0.143. The van der Waals surface area contributed by atoms with Gasteiger partial charge in [-0.2, -0.15) is 13.2 Å². The van der Waals surface area contributed by atoms with Gasteiger partial charge >= 0.3 is 53.1 Å². The third-order valence-electron chi connectivity index (χ3n) is 4.98. The average Bonchev–Trinajstić information content (AvgIpc) is 2.88.